The highest BCUT2D eigenvalue weighted by atomic mass is 32.1. The number of hydrogen-bond donors (Lipinski definition) is 0. The quantitative estimate of drug-likeness (QED) is 0.164. The molecule has 0 N–H and O–H groups in total. The van der Waals surface area contributed by atoms with Crippen LogP contribution in [0.15, 0.2) is 156 Å². The summed E-state index contributed by atoms with van der Waals surface area (Å²) in [4.78, 5) is 5.23. The molecule has 0 spiro atoms. The molecule has 9 aromatic rings. The molecule has 2 aromatic heterocycles. The first-order valence-corrected chi connectivity index (χ1v) is 26.9. The van der Waals surface area contributed by atoms with Gasteiger partial charge in [0.2, 0.25) is 0 Å². The fraction of sp³-hybridized carbons (Fsp3) is 0.313. The summed E-state index contributed by atoms with van der Waals surface area (Å²) in [5.74, 6) is -0.162. The van der Waals surface area contributed by atoms with Crippen LogP contribution in [0.4, 0.5) is 28.4 Å². The minimum absolute atomic E-state index is 0.0110. The molecule has 72 heavy (non-hydrogen) atoms. The number of hydrogen-bond acceptors (Lipinski definition) is 4. The molecule has 1 saturated carbocycles. The van der Waals surface area contributed by atoms with Gasteiger partial charge in [0.1, 0.15) is 5.76 Å². The molecule has 7 aromatic carbocycles. The summed E-state index contributed by atoms with van der Waals surface area (Å²) in [6.45, 7) is 24.8. The smallest absolute Gasteiger partial charge is 0.305 e. The molecule has 0 saturated heterocycles. The van der Waals surface area contributed by atoms with Gasteiger partial charge in [-0.2, -0.15) is 0 Å². The van der Waals surface area contributed by atoms with Gasteiger partial charge in [0.05, 0.1) is 26.5 Å². The largest absolute Gasteiger partial charge is 0.470 e. The van der Waals surface area contributed by atoms with E-state index in [1.54, 1.807) is 11.3 Å². The SMILES string of the molecule is [2H]c1c([2H])c([2H])c2c(-c3cc4c(o3)B3c5sc6ccc(C(C)(C)C)cc6c5N(c5ccc(C(C)(C)C)cc5)c5cc(N6c7ccccc7C7(C)CCCCC67C)cc(c53)C4c3ccc(C(C)(C)C)cc3)c([2H])c([2H])c([2H])c2c1[2H]. The summed E-state index contributed by atoms with van der Waals surface area (Å²) < 4.78 is 73.5. The van der Waals surface area contributed by atoms with Gasteiger partial charge in [-0.3, -0.25) is 0 Å². The Morgan fingerprint density at radius 2 is 1.31 bits per heavy atom. The van der Waals surface area contributed by atoms with Crippen LogP contribution in [-0.2, 0) is 21.7 Å². The lowest BCUT2D eigenvalue weighted by molar-refractivity contribution is 0.195. The summed E-state index contributed by atoms with van der Waals surface area (Å²) in [7, 11) is 0. The molecule has 13 rings (SSSR count). The fourth-order valence-corrected chi connectivity index (χ4v) is 14.5. The molecule has 3 atom stereocenters. The molecule has 1 fully saturated rings. The van der Waals surface area contributed by atoms with Crippen molar-refractivity contribution in [1.82, 2.24) is 0 Å². The van der Waals surface area contributed by atoms with E-state index < -0.39 is 42.8 Å². The van der Waals surface area contributed by atoms with Gasteiger partial charge in [-0.15, -0.1) is 11.3 Å². The van der Waals surface area contributed by atoms with E-state index in [-0.39, 0.29) is 61.4 Å². The van der Waals surface area contributed by atoms with Gasteiger partial charge >= 0.3 is 6.71 Å². The van der Waals surface area contributed by atoms with Gasteiger partial charge in [-0.25, -0.2) is 0 Å². The maximum absolute atomic E-state index is 9.62. The van der Waals surface area contributed by atoms with E-state index in [0.29, 0.717) is 5.66 Å². The molecule has 5 heterocycles. The number of benzene rings is 7. The van der Waals surface area contributed by atoms with Crippen LogP contribution in [0.25, 0.3) is 32.2 Å². The van der Waals surface area contributed by atoms with E-state index in [0.717, 1.165) is 79.0 Å². The average Bonchev–Trinajstić information content (AvgIpc) is 2.88. The lowest BCUT2D eigenvalue weighted by atomic mass is 9.35. The van der Waals surface area contributed by atoms with Gasteiger partial charge in [0, 0.05) is 54.5 Å². The summed E-state index contributed by atoms with van der Waals surface area (Å²) in [6.07, 6.45) is 4.43. The second kappa shape index (κ2) is 15.6. The van der Waals surface area contributed by atoms with Crippen LogP contribution in [-0.4, -0.2) is 12.3 Å². The van der Waals surface area contributed by atoms with E-state index in [1.165, 1.54) is 34.4 Å². The topological polar surface area (TPSA) is 19.6 Å². The van der Waals surface area contributed by atoms with Crippen molar-refractivity contribution in [2.24, 2.45) is 0 Å². The maximum atomic E-state index is 9.62. The Bertz CT molecular complexity index is 4060. The number of nitrogens with zero attached hydrogens (tertiary/aromatic N) is 2. The first-order valence-electron chi connectivity index (χ1n) is 29.5. The lowest BCUT2D eigenvalue weighted by Crippen LogP contribution is -2.60. The van der Waals surface area contributed by atoms with E-state index in [4.69, 9.17) is 9.90 Å². The molecular formula is C67H67BN2OS. The van der Waals surface area contributed by atoms with Gasteiger partial charge in [-0.1, -0.05) is 185 Å². The molecule has 5 heteroatoms. The summed E-state index contributed by atoms with van der Waals surface area (Å²) >= 11 is 1.78. The highest BCUT2D eigenvalue weighted by Gasteiger charge is 2.58. The Morgan fingerprint density at radius 3 is 2.04 bits per heavy atom. The Hall–Kier alpha value is -6.30. The molecule has 3 aliphatic heterocycles. The minimum atomic E-state index is -0.486. The zero-order valence-electron chi connectivity index (χ0n) is 50.6. The average molecular weight is 966 g/mol. The van der Waals surface area contributed by atoms with Crippen molar-refractivity contribution in [3.05, 3.63) is 190 Å². The second-order valence-electron chi connectivity index (χ2n) is 24.7. The van der Waals surface area contributed by atoms with Gasteiger partial charge in [-0.05, 0) is 140 Å². The van der Waals surface area contributed by atoms with E-state index in [1.807, 2.05) is 6.07 Å². The van der Waals surface area contributed by atoms with Crippen LogP contribution in [0.1, 0.15) is 156 Å². The molecule has 360 valence electrons. The third-order valence-corrected chi connectivity index (χ3v) is 18.6. The highest BCUT2D eigenvalue weighted by molar-refractivity contribution is 7.33. The molecule has 3 nitrogen and oxygen atoms in total. The van der Waals surface area contributed by atoms with Crippen LogP contribution in [0.2, 0.25) is 0 Å². The van der Waals surface area contributed by atoms with Crippen molar-refractivity contribution in [1.29, 1.82) is 0 Å². The second-order valence-corrected chi connectivity index (χ2v) is 25.8. The lowest BCUT2D eigenvalue weighted by Gasteiger charge is -2.51. The molecular weight excluding hydrogens is 892 g/mol. The number of fused-ring (bicyclic) bond motifs is 10. The Balaban J connectivity index is 1.19. The van der Waals surface area contributed by atoms with Gasteiger partial charge in [0.15, 0.2) is 0 Å². The Labute approximate surface area is 441 Å². The van der Waals surface area contributed by atoms with Gasteiger partial charge < -0.3 is 14.2 Å². The number of rotatable bonds is 4. The maximum Gasteiger partial charge on any atom is 0.305 e. The van der Waals surface area contributed by atoms with Crippen molar-refractivity contribution in [2.75, 3.05) is 9.80 Å². The van der Waals surface area contributed by atoms with Gasteiger partial charge in [0.25, 0.3) is 0 Å². The van der Waals surface area contributed by atoms with Crippen LogP contribution in [0.3, 0.4) is 0 Å². The van der Waals surface area contributed by atoms with Crippen LogP contribution in [0, 0.1) is 0 Å². The summed E-state index contributed by atoms with van der Waals surface area (Å²) in [5, 5.41) is 1.07. The zero-order valence-corrected chi connectivity index (χ0v) is 44.4. The predicted molar refractivity (Wildman–Crippen MR) is 309 cm³/mol. The zero-order chi connectivity index (χ0) is 55.9. The third kappa shape index (κ3) is 6.61. The monoisotopic (exact) mass is 966 g/mol. The van der Waals surface area contributed by atoms with E-state index in [2.05, 4.69) is 189 Å². The molecule has 0 radical (unpaired) electrons. The summed E-state index contributed by atoms with van der Waals surface area (Å²) in [5.41, 5.74) is 15.0. The van der Waals surface area contributed by atoms with Crippen LogP contribution < -0.4 is 25.7 Å². The van der Waals surface area contributed by atoms with E-state index in [9.17, 15) is 4.11 Å². The minimum Gasteiger partial charge on any atom is -0.470 e. The standard InChI is InChI=1S/C67H67BN2OS/c1-63(2,3)43-27-25-42(26-28-43)58-51-38-47(70-54-24-15-14-23-53(54)66(10)35-16-17-36-67(66,70)11)39-55-59(51)68(61-52(58)40-56(71-61)49-22-18-20-41-19-12-13-21-48(41)49)62-60(50-37-45(65(7,8)9)31-34-57(50)72-62)69(55)46-32-29-44(30-33-46)64(4,5)6/h12-15,18-34,37-40,58H,16-17,35-36H2,1-11H3/i12D,13D,18D,19D,20D,21D,22D. The van der Waals surface area contributed by atoms with Crippen molar-refractivity contribution < 1.29 is 14.0 Å². The predicted octanol–water partition coefficient (Wildman–Crippen LogP) is 16.7. The summed E-state index contributed by atoms with van der Waals surface area (Å²) in [6, 6.07) is 38.2. The third-order valence-electron chi connectivity index (χ3n) is 17.4. The molecule has 4 aliphatic rings. The van der Waals surface area contributed by atoms with Crippen molar-refractivity contribution in [3.63, 3.8) is 0 Å². The number of anilines is 5. The number of furan rings is 1. The number of para-hydroxylation sites is 1. The molecule has 0 bridgehead atoms. The first-order chi connectivity index (χ1) is 37.2. The van der Waals surface area contributed by atoms with Crippen LogP contribution in [0.5, 0.6) is 0 Å². The fourth-order valence-electron chi connectivity index (χ4n) is 13.2. The molecule has 1 aliphatic carbocycles. The molecule has 0 amide bonds. The highest BCUT2D eigenvalue weighted by Crippen LogP contribution is 2.62. The normalized spacial score (nSPS) is 21.7. The van der Waals surface area contributed by atoms with Crippen molar-refractivity contribution in [2.45, 2.75) is 135 Å². The molecule has 3 unspecified atom stereocenters. The Kier molecular flexibility index (Phi) is 8.31. The Morgan fingerprint density at radius 1 is 0.639 bits per heavy atom. The van der Waals surface area contributed by atoms with Crippen molar-refractivity contribution >= 4 is 83.2 Å². The van der Waals surface area contributed by atoms with Crippen LogP contribution >= 0.6 is 11.3 Å². The van der Waals surface area contributed by atoms with E-state index >= 15 is 0 Å². The first kappa shape index (κ1) is 38.3. The van der Waals surface area contributed by atoms with Crippen molar-refractivity contribution in [3.8, 4) is 11.3 Å². The number of thiophene rings is 1.